The lowest BCUT2D eigenvalue weighted by Crippen LogP contribution is -2.42. The number of hydrogen-bond donors (Lipinski definition) is 1. The van der Waals surface area contributed by atoms with Gasteiger partial charge >= 0.3 is 0 Å². The molecule has 1 saturated heterocycles. The molecule has 0 aromatic heterocycles. The maximum atomic E-state index is 5.41. The lowest BCUT2D eigenvalue weighted by Gasteiger charge is -2.34. The highest BCUT2D eigenvalue weighted by atomic mass is 32.2. The number of rotatable bonds is 5. The number of nitrogens with zero attached hydrogens (tertiary/aromatic N) is 1. The van der Waals surface area contributed by atoms with Crippen LogP contribution in [0.1, 0.15) is 12.8 Å². The standard InChI is InChI=1S/C8H18N2S/c1-10(5-3-2-4-9)8-6-11-7-8/h8H,2-7,9H2,1H3. The Kier molecular flexibility index (Phi) is 4.26. The van der Waals surface area contributed by atoms with Crippen LogP contribution in [-0.2, 0) is 0 Å². The zero-order valence-electron chi connectivity index (χ0n) is 7.25. The van der Waals surface area contributed by atoms with Crippen molar-refractivity contribution in [2.24, 2.45) is 5.73 Å². The highest BCUT2D eigenvalue weighted by Gasteiger charge is 2.21. The minimum absolute atomic E-state index is 0.841. The summed E-state index contributed by atoms with van der Waals surface area (Å²) in [5.41, 5.74) is 5.41. The third kappa shape index (κ3) is 3.01. The lowest BCUT2D eigenvalue weighted by molar-refractivity contribution is 0.267. The van der Waals surface area contributed by atoms with Gasteiger partial charge in [-0.2, -0.15) is 11.8 Å². The summed E-state index contributed by atoms with van der Waals surface area (Å²) in [4.78, 5) is 2.46. The Morgan fingerprint density at radius 3 is 2.64 bits per heavy atom. The highest BCUT2D eigenvalue weighted by molar-refractivity contribution is 8.00. The smallest absolute Gasteiger partial charge is 0.0273 e. The first-order valence-electron chi connectivity index (χ1n) is 4.32. The van der Waals surface area contributed by atoms with Crippen molar-refractivity contribution in [3.05, 3.63) is 0 Å². The number of hydrogen-bond acceptors (Lipinski definition) is 3. The molecule has 0 aromatic carbocycles. The molecule has 0 radical (unpaired) electrons. The van der Waals surface area contributed by atoms with E-state index in [0.29, 0.717) is 0 Å². The fraction of sp³-hybridized carbons (Fsp3) is 1.00. The Labute approximate surface area is 73.5 Å². The molecule has 0 aliphatic carbocycles. The third-order valence-electron chi connectivity index (χ3n) is 2.21. The van der Waals surface area contributed by atoms with Gasteiger partial charge < -0.3 is 10.6 Å². The molecule has 2 N–H and O–H groups in total. The van der Waals surface area contributed by atoms with Gasteiger partial charge in [-0.3, -0.25) is 0 Å². The van der Waals surface area contributed by atoms with Gasteiger partial charge in [0, 0.05) is 17.5 Å². The second-order valence-electron chi connectivity index (χ2n) is 3.17. The summed E-state index contributed by atoms with van der Waals surface area (Å²) in [6.45, 7) is 2.07. The molecule has 0 saturated carbocycles. The zero-order valence-corrected chi connectivity index (χ0v) is 8.07. The fourth-order valence-electron chi connectivity index (χ4n) is 1.17. The molecule has 0 amide bonds. The normalized spacial score (nSPS) is 18.8. The topological polar surface area (TPSA) is 29.3 Å². The van der Waals surface area contributed by atoms with Crippen LogP contribution in [0, 0.1) is 0 Å². The van der Waals surface area contributed by atoms with Crippen LogP contribution in [-0.4, -0.2) is 42.6 Å². The predicted molar refractivity (Wildman–Crippen MR) is 52.0 cm³/mol. The third-order valence-corrected chi connectivity index (χ3v) is 3.45. The van der Waals surface area contributed by atoms with E-state index < -0.39 is 0 Å². The molecule has 0 unspecified atom stereocenters. The summed E-state index contributed by atoms with van der Waals surface area (Å²) in [7, 11) is 2.22. The molecule has 1 rings (SSSR count). The van der Waals surface area contributed by atoms with Crippen LogP contribution in [0.15, 0.2) is 0 Å². The second-order valence-corrected chi connectivity index (χ2v) is 4.24. The minimum atomic E-state index is 0.841. The SMILES string of the molecule is CN(CCCCN)C1CSC1. The van der Waals surface area contributed by atoms with E-state index in [1.54, 1.807) is 0 Å². The van der Waals surface area contributed by atoms with E-state index in [1.807, 2.05) is 11.8 Å². The molecular weight excluding hydrogens is 156 g/mol. The number of unbranched alkanes of at least 4 members (excludes halogenated alkanes) is 1. The second kappa shape index (κ2) is 5.01. The largest absolute Gasteiger partial charge is 0.330 e. The maximum Gasteiger partial charge on any atom is 0.0273 e. The monoisotopic (exact) mass is 174 g/mol. The molecule has 1 aliphatic rings. The van der Waals surface area contributed by atoms with E-state index >= 15 is 0 Å². The van der Waals surface area contributed by atoms with Gasteiger partial charge in [0.15, 0.2) is 0 Å². The van der Waals surface area contributed by atoms with Crippen molar-refractivity contribution in [2.45, 2.75) is 18.9 Å². The predicted octanol–water partition coefficient (Wildman–Crippen LogP) is 0.773. The summed E-state index contributed by atoms with van der Waals surface area (Å²) in [5, 5.41) is 0. The fourth-order valence-corrected chi connectivity index (χ4v) is 2.12. The molecule has 1 heterocycles. The van der Waals surface area contributed by atoms with E-state index in [-0.39, 0.29) is 0 Å². The number of thioether (sulfide) groups is 1. The zero-order chi connectivity index (χ0) is 8.10. The Balaban J connectivity index is 1.96. The van der Waals surface area contributed by atoms with E-state index in [2.05, 4.69) is 11.9 Å². The molecule has 11 heavy (non-hydrogen) atoms. The van der Waals surface area contributed by atoms with Gasteiger partial charge in [0.2, 0.25) is 0 Å². The van der Waals surface area contributed by atoms with Crippen LogP contribution in [0.25, 0.3) is 0 Å². The average Bonchev–Trinajstić information content (AvgIpc) is 1.84. The van der Waals surface area contributed by atoms with Crippen LogP contribution in [0.2, 0.25) is 0 Å². The van der Waals surface area contributed by atoms with Crippen LogP contribution in [0.5, 0.6) is 0 Å². The quantitative estimate of drug-likeness (QED) is 0.624. The molecule has 3 heteroatoms. The van der Waals surface area contributed by atoms with Crippen LogP contribution in [0.4, 0.5) is 0 Å². The summed E-state index contributed by atoms with van der Waals surface area (Å²) >= 11 is 2.05. The Bertz CT molecular complexity index is 104. The summed E-state index contributed by atoms with van der Waals surface area (Å²) in [5.74, 6) is 2.66. The molecule has 0 spiro atoms. The van der Waals surface area contributed by atoms with Gasteiger partial charge in [-0.15, -0.1) is 0 Å². The van der Waals surface area contributed by atoms with Crippen molar-refractivity contribution in [3.63, 3.8) is 0 Å². The van der Waals surface area contributed by atoms with E-state index in [1.165, 1.54) is 30.9 Å². The van der Waals surface area contributed by atoms with Gasteiger partial charge in [-0.25, -0.2) is 0 Å². The van der Waals surface area contributed by atoms with Crippen LogP contribution >= 0.6 is 11.8 Å². The van der Waals surface area contributed by atoms with Crippen molar-refractivity contribution >= 4 is 11.8 Å². The Morgan fingerprint density at radius 1 is 1.45 bits per heavy atom. The van der Waals surface area contributed by atoms with Gasteiger partial charge in [-0.1, -0.05) is 0 Å². The Morgan fingerprint density at radius 2 is 2.18 bits per heavy atom. The minimum Gasteiger partial charge on any atom is -0.330 e. The van der Waals surface area contributed by atoms with Gasteiger partial charge in [0.05, 0.1) is 0 Å². The molecule has 66 valence electrons. The molecular formula is C8H18N2S. The van der Waals surface area contributed by atoms with Crippen molar-refractivity contribution in [1.82, 2.24) is 4.90 Å². The van der Waals surface area contributed by atoms with E-state index in [9.17, 15) is 0 Å². The van der Waals surface area contributed by atoms with Crippen molar-refractivity contribution < 1.29 is 0 Å². The average molecular weight is 174 g/mol. The molecule has 0 aromatic rings. The first kappa shape index (κ1) is 9.36. The summed E-state index contributed by atoms with van der Waals surface area (Å²) < 4.78 is 0. The van der Waals surface area contributed by atoms with E-state index in [4.69, 9.17) is 5.73 Å². The van der Waals surface area contributed by atoms with Crippen LogP contribution in [0.3, 0.4) is 0 Å². The van der Waals surface area contributed by atoms with Gasteiger partial charge in [-0.05, 0) is 33.0 Å². The van der Waals surface area contributed by atoms with Crippen molar-refractivity contribution in [2.75, 3.05) is 31.6 Å². The number of nitrogens with two attached hydrogens (primary N) is 1. The summed E-state index contributed by atoms with van der Waals surface area (Å²) in [6.07, 6.45) is 2.43. The summed E-state index contributed by atoms with van der Waals surface area (Å²) in [6, 6.07) is 0.859. The molecule has 1 fully saturated rings. The highest BCUT2D eigenvalue weighted by Crippen LogP contribution is 2.21. The van der Waals surface area contributed by atoms with E-state index in [0.717, 1.165) is 12.6 Å². The molecule has 0 atom stereocenters. The Hall–Kier alpha value is 0.270. The van der Waals surface area contributed by atoms with Crippen molar-refractivity contribution in [3.8, 4) is 0 Å². The van der Waals surface area contributed by atoms with Crippen LogP contribution < -0.4 is 5.73 Å². The van der Waals surface area contributed by atoms with Gasteiger partial charge in [0.25, 0.3) is 0 Å². The molecule has 0 bridgehead atoms. The molecule has 1 aliphatic heterocycles. The first-order valence-corrected chi connectivity index (χ1v) is 5.48. The molecule has 2 nitrogen and oxygen atoms in total. The van der Waals surface area contributed by atoms with Crippen molar-refractivity contribution in [1.29, 1.82) is 0 Å². The first-order chi connectivity index (χ1) is 5.34. The maximum absolute atomic E-state index is 5.41. The van der Waals surface area contributed by atoms with Gasteiger partial charge in [0.1, 0.15) is 0 Å². The lowest BCUT2D eigenvalue weighted by atomic mass is 10.2.